The number of ether oxygens (including phenoxy) is 1. The smallest absolute Gasteiger partial charge is 0.336 e. The molecule has 0 aromatic heterocycles. The molecule has 0 saturated carbocycles. The van der Waals surface area contributed by atoms with E-state index in [0.29, 0.717) is 41.7 Å². The molecule has 1 N–H and O–H groups in total. The molecule has 0 spiro atoms. The Balaban J connectivity index is 2.22. The van der Waals surface area contributed by atoms with Crippen LogP contribution >= 0.6 is 0 Å². The van der Waals surface area contributed by atoms with Crippen LogP contribution in [0.4, 0.5) is 5.69 Å². The van der Waals surface area contributed by atoms with E-state index < -0.39 is 16.8 Å². The van der Waals surface area contributed by atoms with Crippen LogP contribution in [0, 0.1) is 10.1 Å². The number of non-ortho nitro benzene ring substituents is 1. The summed E-state index contributed by atoms with van der Waals surface area (Å²) in [4.78, 5) is 36.3. The van der Waals surface area contributed by atoms with Gasteiger partial charge in [-0.15, -0.1) is 0 Å². The van der Waals surface area contributed by atoms with Crippen LogP contribution in [0.15, 0.2) is 46.8 Å². The summed E-state index contributed by atoms with van der Waals surface area (Å²) in [5, 5.41) is 14.5. The van der Waals surface area contributed by atoms with Crippen LogP contribution in [0.1, 0.15) is 51.0 Å². The fraction of sp³-hybridized carbons (Fsp3) is 0.400. The van der Waals surface area contributed by atoms with Gasteiger partial charge in [0, 0.05) is 41.4 Å². The number of nitro groups is 1. The summed E-state index contributed by atoms with van der Waals surface area (Å²) in [5.74, 6) is -1.18. The number of Topliss-reactive ketones (excluding diaryl/α,β-unsaturated/α-hetero) is 1. The number of carbonyl (C=O) groups excluding carboxylic acids is 2. The number of rotatable bonds is 5. The molecule has 1 atom stereocenters. The minimum atomic E-state index is -0.650. The maximum Gasteiger partial charge on any atom is 0.336 e. The quantitative estimate of drug-likeness (QED) is 0.484. The first-order valence-electron chi connectivity index (χ1n) is 9.15. The highest BCUT2D eigenvalue weighted by Gasteiger charge is 2.39. The first-order chi connectivity index (χ1) is 13.0. The first kappa shape index (κ1) is 18.8. The van der Waals surface area contributed by atoms with Crippen molar-refractivity contribution in [3.05, 3.63) is 62.5 Å². The second-order valence-corrected chi connectivity index (χ2v) is 6.55. The third kappa shape index (κ3) is 3.49. The van der Waals surface area contributed by atoms with Crippen LogP contribution in [-0.2, 0) is 14.3 Å². The fourth-order valence-corrected chi connectivity index (χ4v) is 3.78. The Kier molecular flexibility index (Phi) is 5.39. The predicted octanol–water partition coefficient (Wildman–Crippen LogP) is 3.52. The minimum Gasteiger partial charge on any atom is -0.463 e. The topological polar surface area (TPSA) is 98.5 Å². The molecule has 1 heterocycles. The van der Waals surface area contributed by atoms with E-state index in [4.69, 9.17) is 4.74 Å². The number of ketones is 1. The van der Waals surface area contributed by atoms with Gasteiger partial charge in [-0.05, 0) is 31.7 Å². The molecule has 1 aliphatic heterocycles. The zero-order valence-electron chi connectivity index (χ0n) is 15.4. The molecule has 0 amide bonds. The van der Waals surface area contributed by atoms with Crippen LogP contribution in [0.3, 0.4) is 0 Å². The molecule has 0 fully saturated rings. The van der Waals surface area contributed by atoms with Crippen LogP contribution in [0.25, 0.3) is 0 Å². The van der Waals surface area contributed by atoms with Crippen LogP contribution < -0.4 is 5.32 Å². The Hall–Kier alpha value is -2.96. The van der Waals surface area contributed by atoms with Gasteiger partial charge >= 0.3 is 5.97 Å². The van der Waals surface area contributed by atoms with Crippen molar-refractivity contribution in [3.8, 4) is 0 Å². The van der Waals surface area contributed by atoms with Crippen LogP contribution in [0.5, 0.6) is 0 Å². The molecular weight excluding hydrogens is 348 g/mol. The Morgan fingerprint density at radius 3 is 2.78 bits per heavy atom. The van der Waals surface area contributed by atoms with E-state index >= 15 is 0 Å². The van der Waals surface area contributed by atoms with Gasteiger partial charge in [0.15, 0.2) is 5.78 Å². The van der Waals surface area contributed by atoms with Crippen molar-refractivity contribution < 1.29 is 19.2 Å². The normalized spacial score (nSPS) is 19.5. The van der Waals surface area contributed by atoms with Crippen LogP contribution in [-0.4, -0.2) is 23.3 Å². The van der Waals surface area contributed by atoms with Crippen molar-refractivity contribution >= 4 is 17.4 Å². The molecule has 0 radical (unpaired) electrons. The molecule has 1 aromatic carbocycles. The van der Waals surface area contributed by atoms with Gasteiger partial charge in [-0.3, -0.25) is 14.9 Å². The van der Waals surface area contributed by atoms with E-state index in [0.717, 1.165) is 12.1 Å². The maximum absolute atomic E-state index is 12.8. The number of benzene rings is 1. The summed E-state index contributed by atoms with van der Waals surface area (Å²) in [7, 11) is 0. The summed E-state index contributed by atoms with van der Waals surface area (Å²) in [5.41, 5.74) is 2.90. The number of nitrogens with zero attached hydrogens (tertiary/aromatic N) is 1. The van der Waals surface area contributed by atoms with Gasteiger partial charge in [0.05, 0.1) is 17.1 Å². The van der Waals surface area contributed by atoms with Gasteiger partial charge < -0.3 is 10.1 Å². The summed E-state index contributed by atoms with van der Waals surface area (Å²) in [6, 6.07) is 6.14. The zero-order chi connectivity index (χ0) is 19.6. The lowest BCUT2D eigenvalue weighted by atomic mass is 9.75. The van der Waals surface area contributed by atoms with E-state index in [9.17, 15) is 19.7 Å². The number of allylic oxidation sites excluding steroid dienone is 3. The summed E-state index contributed by atoms with van der Waals surface area (Å²) in [6.07, 6.45) is 2.43. The lowest BCUT2D eigenvalue weighted by Crippen LogP contribution is -2.35. The molecule has 27 heavy (non-hydrogen) atoms. The fourth-order valence-electron chi connectivity index (χ4n) is 3.78. The van der Waals surface area contributed by atoms with Gasteiger partial charge in [-0.2, -0.15) is 0 Å². The molecule has 1 aromatic rings. The van der Waals surface area contributed by atoms with E-state index in [1.165, 1.54) is 12.1 Å². The highest BCUT2D eigenvalue weighted by atomic mass is 16.6. The molecule has 0 bridgehead atoms. The molecule has 0 unspecified atom stereocenters. The van der Waals surface area contributed by atoms with Gasteiger partial charge in [0.2, 0.25) is 0 Å². The lowest BCUT2D eigenvalue weighted by molar-refractivity contribution is -0.384. The predicted molar refractivity (Wildman–Crippen MR) is 98.8 cm³/mol. The van der Waals surface area contributed by atoms with E-state index in [2.05, 4.69) is 5.32 Å². The monoisotopic (exact) mass is 370 g/mol. The third-order valence-electron chi connectivity index (χ3n) is 4.92. The van der Waals surface area contributed by atoms with Gasteiger partial charge in [-0.25, -0.2) is 4.79 Å². The van der Waals surface area contributed by atoms with Gasteiger partial charge in [-0.1, -0.05) is 19.1 Å². The summed E-state index contributed by atoms with van der Waals surface area (Å²) in [6.45, 7) is 3.85. The minimum absolute atomic E-state index is 0.0304. The molecule has 142 valence electrons. The van der Waals surface area contributed by atoms with E-state index in [1.54, 1.807) is 19.1 Å². The number of hydrogen-bond donors (Lipinski definition) is 1. The number of esters is 1. The molecule has 1 aliphatic carbocycles. The van der Waals surface area contributed by atoms with Crippen LogP contribution in [0.2, 0.25) is 0 Å². The van der Waals surface area contributed by atoms with Crippen molar-refractivity contribution in [3.63, 3.8) is 0 Å². The van der Waals surface area contributed by atoms with Crippen molar-refractivity contribution in [2.75, 3.05) is 6.61 Å². The Labute approximate surface area is 157 Å². The second kappa shape index (κ2) is 7.73. The molecule has 0 saturated heterocycles. The van der Waals surface area contributed by atoms with Gasteiger partial charge in [0.1, 0.15) is 0 Å². The Bertz CT molecular complexity index is 869. The van der Waals surface area contributed by atoms with Gasteiger partial charge in [0.25, 0.3) is 5.69 Å². The summed E-state index contributed by atoms with van der Waals surface area (Å²) < 4.78 is 5.25. The molecular formula is C20H22N2O5. The highest BCUT2D eigenvalue weighted by molar-refractivity contribution is 6.03. The van der Waals surface area contributed by atoms with E-state index in [-0.39, 0.29) is 18.1 Å². The number of nitrogens with one attached hydrogen (secondary N) is 1. The standard InChI is InChI=1S/C20H22N2O5/c1-3-14-19(20(24)27-4-2)17(12-7-5-8-13(11-12)22(25)26)18-15(21-14)9-6-10-16(18)23/h5,7-8,11,17,21H,3-4,6,9-10H2,1-2H3/t17-/m1/s1. The maximum atomic E-state index is 12.8. The number of carbonyl (C=O) groups is 2. The SMILES string of the molecule is CCOC(=O)C1=C(CC)NC2=C(C(=O)CCC2)[C@H]1c1cccc([N+](=O)[O-])c1. The van der Waals surface area contributed by atoms with Crippen molar-refractivity contribution in [2.24, 2.45) is 0 Å². The molecule has 7 nitrogen and oxygen atoms in total. The van der Waals surface area contributed by atoms with Crippen molar-refractivity contribution in [1.82, 2.24) is 5.32 Å². The Morgan fingerprint density at radius 2 is 2.11 bits per heavy atom. The number of dihydropyridines is 1. The average Bonchev–Trinajstić information content (AvgIpc) is 2.67. The number of hydrogen-bond acceptors (Lipinski definition) is 6. The van der Waals surface area contributed by atoms with E-state index in [1.807, 2.05) is 6.92 Å². The Morgan fingerprint density at radius 1 is 1.33 bits per heavy atom. The number of nitro benzene ring substituents is 1. The van der Waals surface area contributed by atoms with Crippen molar-refractivity contribution in [1.29, 1.82) is 0 Å². The summed E-state index contributed by atoms with van der Waals surface area (Å²) >= 11 is 0. The molecule has 2 aliphatic rings. The largest absolute Gasteiger partial charge is 0.463 e. The first-order valence-corrected chi connectivity index (χ1v) is 9.15. The van der Waals surface area contributed by atoms with Crippen molar-refractivity contribution in [2.45, 2.75) is 45.4 Å². The average molecular weight is 370 g/mol. The zero-order valence-corrected chi connectivity index (χ0v) is 15.4. The molecule has 7 heteroatoms. The molecule has 3 rings (SSSR count). The highest BCUT2D eigenvalue weighted by Crippen LogP contribution is 2.43. The third-order valence-corrected chi connectivity index (χ3v) is 4.92. The second-order valence-electron chi connectivity index (χ2n) is 6.55. The lowest BCUT2D eigenvalue weighted by Gasteiger charge is -2.34.